The van der Waals surface area contributed by atoms with Crippen molar-refractivity contribution >= 4 is 54.6 Å². The molecule has 0 aromatic heterocycles. The summed E-state index contributed by atoms with van der Waals surface area (Å²) in [7, 11) is -7.25. The van der Waals surface area contributed by atoms with E-state index in [1.807, 2.05) is 48.5 Å². The minimum atomic E-state index is -3.63. The lowest BCUT2D eigenvalue weighted by Crippen LogP contribution is -2.67. The van der Waals surface area contributed by atoms with Crippen LogP contribution in [0.2, 0.25) is 0 Å². The first-order chi connectivity index (χ1) is 27.8. The summed E-state index contributed by atoms with van der Waals surface area (Å²) in [5.41, 5.74) is 5.11. The molecule has 6 nitrogen and oxygen atoms in total. The largest absolute Gasteiger partial charge is 0.363 e. The summed E-state index contributed by atoms with van der Waals surface area (Å²) in [6.45, 7) is 8.76. The smallest absolute Gasteiger partial charge is 0.207 e. The van der Waals surface area contributed by atoms with Gasteiger partial charge in [0, 0.05) is 67.4 Å². The molecule has 10 heteroatoms. The molecule has 4 heterocycles. The van der Waals surface area contributed by atoms with Crippen LogP contribution in [-0.2, 0) is 30.5 Å². The average Bonchev–Trinajstić information content (AvgIpc) is 3.23. The maximum Gasteiger partial charge on any atom is 0.207 e. The van der Waals surface area contributed by atoms with Gasteiger partial charge in [0.1, 0.15) is 0 Å². The lowest BCUT2D eigenvalue weighted by atomic mass is 9.77. The monoisotopic (exact) mass is 850 g/mol. The van der Waals surface area contributed by atoms with E-state index in [1.165, 1.54) is 62.7 Å². The molecular formula is C48H54N2O4S4. The Bertz CT molecular complexity index is 2390. The SMILES string of the molecule is CC1(C)c2ccccc2S(=O)(=O)c2ccc(N3C4CCCCC4SC4CC5C(CC43)SC3CCCCC3N5c3ccc4c(c3)C(C)(C)c3ccccc3S4(=O)=O)cc21. The van der Waals surface area contributed by atoms with Crippen LogP contribution in [0.25, 0.3) is 0 Å². The van der Waals surface area contributed by atoms with Crippen LogP contribution in [0, 0.1) is 0 Å². The molecule has 8 atom stereocenters. The van der Waals surface area contributed by atoms with E-state index >= 15 is 0 Å². The number of rotatable bonds is 2. The molecule has 3 aliphatic carbocycles. The lowest BCUT2D eigenvalue weighted by Gasteiger charge is -2.61. The van der Waals surface area contributed by atoms with Gasteiger partial charge in [-0.25, -0.2) is 16.8 Å². The van der Waals surface area contributed by atoms with Gasteiger partial charge in [-0.05, 0) is 109 Å². The summed E-state index contributed by atoms with van der Waals surface area (Å²) in [5.74, 6) is 0. The predicted octanol–water partition coefficient (Wildman–Crippen LogP) is 10.3. The van der Waals surface area contributed by atoms with E-state index in [0.29, 0.717) is 64.7 Å². The average molecular weight is 851 g/mol. The van der Waals surface area contributed by atoms with Crippen LogP contribution in [0.1, 0.15) is 114 Å². The molecule has 4 aromatic rings. The van der Waals surface area contributed by atoms with Crippen molar-refractivity contribution in [1.29, 1.82) is 0 Å². The van der Waals surface area contributed by atoms with Crippen molar-refractivity contribution in [2.24, 2.45) is 0 Å². The maximum absolute atomic E-state index is 14.1. The van der Waals surface area contributed by atoms with E-state index in [2.05, 4.69) is 85.3 Å². The number of thioether (sulfide) groups is 2. The summed E-state index contributed by atoms with van der Waals surface area (Å²) >= 11 is 4.52. The van der Waals surface area contributed by atoms with Crippen molar-refractivity contribution in [3.63, 3.8) is 0 Å². The molecule has 0 spiro atoms. The zero-order valence-electron chi connectivity index (χ0n) is 33.9. The molecule has 3 saturated carbocycles. The molecule has 4 aromatic carbocycles. The Kier molecular flexibility index (Phi) is 8.71. The Balaban J connectivity index is 0.993. The van der Waals surface area contributed by atoms with Crippen LogP contribution in [0.3, 0.4) is 0 Å². The van der Waals surface area contributed by atoms with Gasteiger partial charge in [-0.15, -0.1) is 0 Å². The second-order valence-corrected chi connectivity index (χ2v) is 25.9. The normalized spacial score (nSPS) is 33.1. The number of sulfone groups is 2. The van der Waals surface area contributed by atoms with Crippen molar-refractivity contribution in [2.75, 3.05) is 9.80 Å². The first-order valence-corrected chi connectivity index (χ1v) is 26.5. The van der Waals surface area contributed by atoms with E-state index in [-0.39, 0.29) is 0 Å². The highest BCUT2D eigenvalue weighted by Gasteiger charge is 2.55. The number of hydrogen-bond donors (Lipinski definition) is 0. The molecule has 11 rings (SSSR count). The Morgan fingerprint density at radius 2 is 0.845 bits per heavy atom. The molecular weight excluding hydrogens is 797 g/mol. The summed E-state index contributed by atoms with van der Waals surface area (Å²) < 4.78 is 56.4. The third-order valence-corrected chi connectivity index (χ3v) is 22.7. The molecule has 0 bridgehead atoms. The van der Waals surface area contributed by atoms with Crippen LogP contribution in [0.5, 0.6) is 0 Å². The van der Waals surface area contributed by atoms with Gasteiger partial charge in [0.05, 0.1) is 19.6 Å². The zero-order chi connectivity index (χ0) is 39.9. The Morgan fingerprint density at radius 1 is 0.466 bits per heavy atom. The first kappa shape index (κ1) is 38.0. The van der Waals surface area contributed by atoms with Gasteiger partial charge in [0.25, 0.3) is 0 Å². The molecule has 8 unspecified atom stereocenters. The van der Waals surface area contributed by atoms with Crippen LogP contribution < -0.4 is 9.80 Å². The van der Waals surface area contributed by atoms with Crippen LogP contribution in [0.4, 0.5) is 11.4 Å². The fraction of sp³-hybridized carbons (Fsp3) is 0.500. The van der Waals surface area contributed by atoms with Crippen LogP contribution in [-0.4, -0.2) is 62.0 Å². The highest BCUT2D eigenvalue weighted by molar-refractivity contribution is 8.01. The standard InChI is InChI=1S/C48H54N2O4S4/c1-47(2)31-13-5-11-19-43(31)57(51,52)45-23-21-29(25-33(45)47)49-35-15-7-9-17-39(35)55-41-28-38-42(27-37(41)49)56-40-18-10-8-16-36(40)50(38)30-22-24-46-34(26-30)48(3,4)32-14-6-12-20-44(32)58(46,53)54/h5-6,11-14,19-26,35-42H,7-10,15-18,27-28H2,1-4H3. The predicted molar refractivity (Wildman–Crippen MR) is 238 cm³/mol. The second-order valence-electron chi connectivity index (χ2n) is 19.2. The number of nitrogens with zero attached hydrogens (tertiary/aromatic N) is 2. The van der Waals surface area contributed by atoms with Gasteiger partial charge >= 0.3 is 0 Å². The van der Waals surface area contributed by atoms with Gasteiger partial charge in [-0.2, -0.15) is 23.5 Å². The molecule has 0 radical (unpaired) electrons. The van der Waals surface area contributed by atoms with E-state index in [1.54, 1.807) is 12.1 Å². The second kappa shape index (κ2) is 13.3. The maximum atomic E-state index is 14.1. The van der Waals surface area contributed by atoms with Gasteiger partial charge in [0.2, 0.25) is 19.7 Å². The minimum Gasteiger partial charge on any atom is -0.363 e. The molecule has 7 aliphatic rings. The number of anilines is 2. The van der Waals surface area contributed by atoms with Gasteiger partial charge in [-0.3, -0.25) is 0 Å². The molecule has 0 N–H and O–H groups in total. The topological polar surface area (TPSA) is 74.8 Å². The highest BCUT2D eigenvalue weighted by atomic mass is 32.2. The zero-order valence-corrected chi connectivity index (χ0v) is 37.2. The lowest BCUT2D eigenvalue weighted by molar-refractivity contribution is 0.287. The van der Waals surface area contributed by atoms with Gasteiger partial charge < -0.3 is 9.80 Å². The van der Waals surface area contributed by atoms with Gasteiger partial charge in [0.15, 0.2) is 0 Å². The molecule has 4 aliphatic heterocycles. The van der Waals surface area contributed by atoms with E-state index in [4.69, 9.17) is 0 Å². The van der Waals surface area contributed by atoms with Crippen molar-refractivity contribution < 1.29 is 16.8 Å². The molecule has 5 fully saturated rings. The minimum absolute atomic E-state index is 0.359. The third kappa shape index (κ3) is 5.41. The molecule has 2 saturated heterocycles. The van der Waals surface area contributed by atoms with Crippen molar-refractivity contribution in [3.05, 3.63) is 107 Å². The first-order valence-electron chi connectivity index (χ1n) is 21.6. The number of benzene rings is 4. The van der Waals surface area contributed by atoms with Crippen molar-refractivity contribution in [3.8, 4) is 0 Å². The number of fused-ring (bicyclic) bond motifs is 8. The third-order valence-electron chi connectivity index (χ3n) is 15.4. The Hall–Kier alpha value is -2.92. The summed E-state index contributed by atoms with van der Waals surface area (Å²) in [6, 6.07) is 29.4. The Labute approximate surface area is 353 Å². The fourth-order valence-electron chi connectivity index (χ4n) is 12.6. The summed E-state index contributed by atoms with van der Waals surface area (Å²) in [4.78, 5) is 7.41. The summed E-state index contributed by atoms with van der Waals surface area (Å²) in [5, 5.41) is 1.97. The molecule has 304 valence electrons. The van der Waals surface area contributed by atoms with Crippen molar-refractivity contribution in [2.45, 2.75) is 167 Å². The number of hydrogen-bond acceptors (Lipinski definition) is 8. The fourth-order valence-corrected chi connectivity index (χ4v) is 20.3. The highest BCUT2D eigenvalue weighted by Crippen LogP contribution is 2.56. The van der Waals surface area contributed by atoms with Crippen LogP contribution >= 0.6 is 23.5 Å². The molecule has 0 amide bonds. The quantitative estimate of drug-likeness (QED) is 0.197. The van der Waals surface area contributed by atoms with E-state index < -0.39 is 30.5 Å². The Morgan fingerprint density at radius 3 is 1.28 bits per heavy atom. The van der Waals surface area contributed by atoms with E-state index in [0.717, 1.165) is 35.1 Å². The van der Waals surface area contributed by atoms with Gasteiger partial charge in [-0.1, -0.05) is 89.8 Å². The van der Waals surface area contributed by atoms with E-state index in [9.17, 15) is 16.8 Å². The molecule has 58 heavy (non-hydrogen) atoms. The van der Waals surface area contributed by atoms with Crippen LogP contribution in [0.15, 0.2) is 105 Å². The van der Waals surface area contributed by atoms with Crippen molar-refractivity contribution in [1.82, 2.24) is 0 Å². The summed E-state index contributed by atoms with van der Waals surface area (Å²) in [6.07, 6.45) is 12.0.